The maximum absolute atomic E-state index is 12.2. The van der Waals surface area contributed by atoms with Crippen molar-refractivity contribution in [1.82, 2.24) is 15.3 Å². The Hall–Kier alpha value is -2.47. The summed E-state index contributed by atoms with van der Waals surface area (Å²) in [4.78, 5) is 20.5. The number of carbonyl (C=O) groups excluding carboxylic acids is 1. The number of carbonyl (C=O) groups is 1. The molecule has 2 aromatic heterocycles. The number of rotatable bonds is 3. The summed E-state index contributed by atoms with van der Waals surface area (Å²) < 4.78 is 0. The molecule has 0 fully saturated rings. The molecule has 3 N–H and O–H groups in total. The first kappa shape index (κ1) is 12.6. The van der Waals surface area contributed by atoms with Gasteiger partial charge in [-0.05, 0) is 5.39 Å². The van der Waals surface area contributed by atoms with Crippen molar-refractivity contribution >= 4 is 33.8 Å². The molecule has 3 aromatic rings. The number of nitrogens with one attached hydrogen (secondary N) is 1. The van der Waals surface area contributed by atoms with Crippen LogP contribution in [0.5, 0.6) is 0 Å². The Bertz CT molecular complexity index is 755. The highest BCUT2D eigenvalue weighted by Gasteiger charge is 2.12. The van der Waals surface area contributed by atoms with Crippen LogP contribution in [0.15, 0.2) is 41.4 Å². The molecule has 0 saturated heterocycles. The van der Waals surface area contributed by atoms with Crippen LogP contribution < -0.4 is 11.1 Å². The van der Waals surface area contributed by atoms with Gasteiger partial charge in [-0.3, -0.25) is 4.79 Å². The fraction of sp³-hybridized carbons (Fsp3) is 0.0714. The van der Waals surface area contributed by atoms with Crippen molar-refractivity contribution in [3.05, 3.63) is 52.6 Å². The maximum atomic E-state index is 12.2. The fourth-order valence-corrected chi connectivity index (χ4v) is 2.54. The first-order valence-electron chi connectivity index (χ1n) is 6.04. The topological polar surface area (TPSA) is 80.9 Å². The molecular weight excluding hydrogens is 272 g/mol. The Morgan fingerprint density at radius 1 is 1.25 bits per heavy atom. The largest absolute Gasteiger partial charge is 0.383 e. The summed E-state index contributed by atoms with van der Waals surface area (Å²) in [6.07, 6.45) is 1.51. The van der Waals surface area contributed by atoms with E-state index in [1.165, 1.54) is 17.5 Å². The van der Waals surface area contributed by atoms with Gasteiger partial charge in [0.25, 0.3) is 5.91 Å². The average molecular weight is 284 g/mol. The molecule has 3 rings (SSSR count). The highest BCUT2D eigenvalue weighted by Crippen LogP contribution is 2.22. The van der Waals surface area contributed by atoms with E-state index in [0.29, 0.717) is 17.9 Å². The summed E-state index contributed by atoms with van der Waals surface area (Å²) in [7, 11) is 0. The first-order chi connectivity index (χ1) is 9.75. The molecule has 5 nitrogen and oxygen atoms in total. The lowest BCUT2D eigenvalue weighted by Gasteiger charge is -2.08. The quantitative estimate of drug-likeness (QED) is 0.772. The minimum absolute atomic E-state index is 0.179. The van der Waals surface area contributed by atoms with Crippen LogP contribution in [0, 0.1) is 0 Å². The average Bonchev–Trinajstić information content (AvgIpc) is 2.99. The zero-order valence-electron chi connectivity index (χ0n) is 10.5. The van der Waals surface area contributed by atoms with Gasteiger partial charge in [0.05, 0.1) is 23.3 Å². The van der Waals surface area contributed by atoms with Crippen molar-refractivity contribution in [3.63, 3.8) is 0 Å². The summed E-state index contributed by atoms with van der Waals surface area (Å²) in [6.45, 7) is 0.404. The molecule has 6 heteroatoms. The number of benzene rings is 1. The molecule has 0 bridgehead atoms. The Morgan fingerprint density at radius 2 is 2.05 bits per heavy atom. The van der Waals surface area contributed by atoms with E-state index in [2.05, 4.69) is 15.3 Å². The van der Waals surface area contributed by atoms with Gasteiger partial charge in [0.2, 0.25) is 0 Å². The number of anilines is 1. The summed E-state index contributed by atoms with van der Waals surface area (Å²) >= 11 is 1.50. The second-order valence-corrected chi connectivity index (χ2v) is 4.98. The zero-order chi connectivity index (χ0) is 13.9. The van der Waals surface area contributed by atoms with E-state index in [0.717, 1.165) is 16.5 Å². The number of aromatic nitrogens is 2. The molecule has 0 aliphatic carbocycles. The lowest BCUT2D eigenvalue weighted by molar-refractivity contribution is 0.0952. The van der Waals surface area contributed by atoms with Gasteiger partial charge in [0, 0.05) is 17.0 Å². The second kappa shape index (κ2) is 5.26. The number of pyridine rings is 1. The molecule has 20 heavy (non-hydrogen) atoms. The van der Waals surface area contributed by atoms with E-state index in [-0.39, 0.29) is 5.91 Å². The number of nitrogens with zero attached hydrogens (tertiary/aromatic N) is 2. The van der Waals surface area contributed by atoms with Crippen LogP contribution >= 0.6 is 11.3 Å². The molecule has 2 heterocycles. The standard InChI is InChI=1S/C14H12N4OS/c15-13-11-4-2-1-3-10(11)12(6-16-13)14(19)17-5-9-7-20-8-18-9/h1-4,6-8H,5H2,(H2,15,16)(H,17,19). The van der Waals surface area contributed by atoms with E-state index in [4.69, 9.17) is 5.73 Å². The van der Waals surface area contributed by atoms with Crippen LogP contribution in [-0.4, -0.2) is 15.9 Å². The predicted octanol–water partition coefficient (Wildman–Crippen LogP) is 2.20. The predicted molar refractivity (Wildman–Crippen MR) is 79.4 cm³/mol. The van der Waals surface area contributed by atoms with Crippen molar-refractivity contribution in [2.24, 2.45) is 0 Å². The lowest BCUT2D eigenvalue weighted by atomic mass is 10.1. The van der Waals surface area contributed by atoms with Gasteiger partial charge in [-0.15, -0.1) is 11.3 Å². The van der Waals surface area contributed by atoms with Gasteiger partial charge in [-0.2, -0.15) is 0 Å². The second-order valence-electron chi connectivity index (χ2n) is 4.27. The van der Waals surface area contributed by atoms with Gasteiger partial charge in [-0.1, -0.05) is 24.3 Å². The Morgan fingerprint density at radius 3 is 2.80 bits per heavy atom. The van der Waals surface area contributed by atoms with E-state index in [1.54, 1.807) is 5.51 Å². The van der Waals surface area contributed by atoms with Gasteiger partial charge >= 0.3 is 0 Å². The van der Waals surface area contributed by atoms with Gasteiger partial charge in [0.15, 0.2) is 0 Å². The summed E-state index contributed by atoms with van der Waals surface area (Å²) in [5.41, 5.74) is 8.92. The Balaban J connectivity index is 1.90. The smallest absolute Gasteiger partial charge is 0.253 e. The van der Waals surface area contributed by atoms with Gasteiger partial charge in [0.1, 0.15) is 5.82 Å². The van der Waals surface area contributed by atoms with Crippen LogP contribution in [0.2, 0.25) is 0 Å². The Kier molecular flexibility index (Phi) is 3.30. The monoisotopic (exact) mass is 284 g/mol. The number of nitrogens with two attached hydrogens (primary N) is 1. The summed E-state index contributed by atoms with van der Waals surface area (Å²) in [5, 5.41) is 6.33. The van der Waals surface area contributed by atoms with Crippen LogP contribution in [0.3, 0.4) is 0 Å². The highest BCUT2D eigenvalue weighted by molar-refractivity contribution is 7.07. The van der Waals surface area contributed by atoms with Crippen molar-refractivity contribution in [2.75, 3.05) is 5.73 Å². The van der Waals surface area contributed by atoms with Crippen LogP contribution in [0.4, 0.5) is 5.82 Å². The van der Waals surface area contributed by atoms with Crippen LogP contribution in [0.25, 0.3) is 10.8 Å². The third-order valence-corrected chi connectivity index (χ3v) is 3.62. The zero-order valence-corrected chi connectivity index (χ0v) is 11.4. The number of fused-ring (bicyclic) bond motifs is 1. The first-order valence-corrected chi connectivity index (χ1v) is 6.98. The van der Waals surface area contributed by atoms with E-state index in [1.807, 2.05) is 29.6 Å². The van der Waals surface area contributed by atoms with Gasteiger partial charge in [-0.25, -0.2) is 9.97 Å². The molecule has 0 spiro atoms. The Labute approximate surface area is 119 Å². The minimum atomic E-state index is -0.179. The number of hydrogen-bond acceptors (Lipinski definition) is 5. The number of nitrogen functional groups attached to an aromatic ring is 1. The highest BCUT2D eigenvalue weighted by atomic mass is 32.1. The normalized spacial score (nSPS) is 10.6. The molecular formula is C14H12N4OS. The molecule has 0 unspecified atom stereocenters. The summed E-state index contributed by atoms with van der Waals surface area (Å²) in [5.74, 6) is 0.248. The maximum Gasteiger partial charge on any atom is 0.253 e. The molecule has 1 amide bonds. The van der Waals surface area contributed by atoms with Crippen molar-refractivity contribution < 1.29 is 4.79 Å². The molecule has 0 atom stereocenters. The number of thiazole rings is 1. The van der Waals surface area contributed by atoms with E-state index < -0.39 is 0 Å². The SMILES string of the molecule is Nc1ncc(C(=O)NCc2cscn2)c2ccccc12. The molecule has 0 radical (unpaired) electrons. The van der Waals surface area contributed by atoms with Crippen molar-refractivity contribution in [1.29, 1.82) is 0 Å². The van der Waals surface area contributed by atoms with E-state index in [9.17, 15) is 4.79 Å². The minimum Gasteiger partial charge on any atom is -0.383 e. The number of hydrogen-bond donors (Lipinski definition) is 2. The lowest BCUT2D eigenvalue weighted by Crippen LogP contribution is -2.23. The molecule has 0 aliphatic rings. The van der Waals surface area contributed by atoms with E-state index >= 15 is 0 Å². The molecule has 0 saturated carbocycles. The summed E-state index contributed by atoms with van der Waals surface area (Å²) in [6, 6.07) is 7.47. The fourth-order valence-electron chi connectivity index (χ4n) is 1.99. The molecule has 1 aromatic carbocycles. The van der Waals surface area contributed by atoms with Crippen LogP contribution in [-0.2, 0) is 6.54 Å². The molecule has 0 aliphatic heterocycles. The van der Waals surface area contributed by atoms with Crippen LogP contribution in [0.1, 0.15) is 16.1 Å². The third kappa shape index (κ3) is 2.33. The third-order valence-electron chi connectivity index (χ3n) is 2.98. The van der Waals surface area contributed by atoms with Crippen molar-refractivity contribution in [3.8, 4) is 0 Å². The van der Waals surface area contributed by atoms with Gasteiger partial charge < -0.3 is 11.1 Å². The number of amides is 1. The molecule has 100 valence electrons. The van der Waals surface area contributed by atoms with Crippen molar-refractivity contribution in [2.45, 2.75) is 6.54 Å².